The summed E-state index contributed by atoms with van der Waals surface area (Å²) in [5.41, 5.74) is 2.07. The van der Waals surface area contributed by atoms with Gasteiger partial charge in [-0.15, -0.1) is 0 Å². The van der Waals surface area contributed by atoms with Gasteiger partial charge in [0.15, 0.2) is 0 Å². The molecule has 134 valence electrons. The fourth-order valence-electron chi connectivity index (χ4n) is 3.15. The van der Waals surface area contributed by atoms with Crippen molar-refractivity contribution in [1.29, 1.82) is 0 Å². The van der Waals surface area contributed by atoms with Crippen molar-refractivity contribution >= 4 is 29.3 Å². The fourth-order valence-corrected chi connectivity index (χ4v) is 3.15. The number of carbonyl (C=O) groups excluding carboxylic acids is 3. The monoisotopic (exact) mass is 349 g/mol. The van der Waals surface area contributed by atoms with Gasteiger partial charge in [-0.3, -0.25) is 14.5 Å². The zero-order chi connectivity index (χ0) is 18.1. The highest BCUT2D eigenvalue weighted by atomic mass is 19.1. The van der Waals surface area contributed by atoms with Crippen molar-refractivity contribution in [3.05, 3.63) is 23.8 Å². The SMILES string of the molecule is CC(=O)NCC1CN(c2ccc3c(c2)CC(=O)N3C(C)CF)C(=O)O1. The number of benzene rings is 1. The number of carbonyl (C=O) groups is 3. The normalized spacial score (nSPS) is 20.5. The average molecular weight is 349 g/mol. The van der Waals surface area contributed by atoms with E-state index in [1.54, 1.807) is 25.1 Å². The molecule has 2 aliphatic heterocycles. The van der Waals surface area contributed by atoms with Gasteiger partial charge in [0, 0.05) is 18.3 Å². The summed E-state index contributed by atoms with van der Waals surface area (Å²) < 4.78 is 18.2. The van der Waals surface area contributed by atoms with Gasteiger partial charge >= 0.3 is 6.09 Å². The lowest BCUT2D eigenvalue weighted by Gasteiger charge is -2.23. The quantitative estimate of drug-likeness (QED) is 0.871. The van der Waals surface area contributed by atoms with Gasteiger partial charge in [-0.2, -0.15) is 0 Å². The molecule has 1 N–H and O–H groups in total. The molecule has 0 spiro atoms. The predicted octanol–water partition coefficient (Wildman–Crippen LogP) is 1.39. The van der Waals surface area contributed by atoms with Crippen LogP contribution in [0.15, 0.2) is 18.2 Å². The first-order chi connectivity index (χ1) is 11.9. The number of nitrogens with one attached hydrogen (secondary N) is 1. The third-order valence-electron chi connectivity index (χ3n) is 4.36. The molecule has 0 bridgehead atoms. The number of hydrogen-bond donors (Lipinski definition) is 1. The van der Waals surface area contributed by atoms with E-state index < -0.39 is 24.9 Å². The third kappa shape index (κ3) is 3.29. The number of fused-ring (bicyclic) bond motifs is 1. The van der Waals surface area contributed by atoms with Crippen LogP contribution in [0.2, 0.25) is 0 Å². The number of alkyl halides is 1. The number of hydrogen-bond acceptors (Lipinski definition) is 4. The maximum atomic E-state index is 13.0. The van der Waals surface area contributed by atoms with E-state index in [4.69, 9.17) is 4.74 Å². The molecule has 8 heteroatoms. The molecule has 2 atom stereocenters. The van der Waals surface area contributed by atoms with E-state index in [1.807, 2.05) is 0 Å². The van der Waals surface area contributed by atoms with Crippen LogP contribution in [0.3, 0.4) is 0 Å². The molecule has 0 aromatic heterocycles. The standard InChI is InChI=1S/C17H20FN3O4/c1-10(7-18)21-15-4-3-13(5-12(15)6-16(21)23)20-9-14(25-17(20)24)8-19-11(2)22/h3-5,10,14H,6-9H2,1-2H3,(H,19,22). The van der Waals surface area contributed by atoms with Crippen LogP contribution in [-0.2, 0) is 20.7 Å². The Hall–Kier alpha value is -2.64. The van der Waals surface area contributed by atoms with Crippen LogP contribution in [0, 0.1) is 0 Å². The van der Waals surface area contributed by atoms with Crippen molar-refractivity contribution < 1.29 is 23.5 Å². The maximum absolute atomic E-state index is 13.0. The molecule has 1 fully saturated rings. The molecule has 3 amide bonds. The minimum Gasteiger partial charge on any atom is -0.442 e. The minimum atomic E-state index is -0.615. The van der Waals surface area contributed by atoms with Gasteiger partial charge < -0.3 is 15.0 Å². The second kappa shape index (κ2) is 6.70. The second-order valence-electron chi connectivity index (χ2n) is 6.31. The molecular formula is C17H20FN3O4. The number of cyclic esters (lactones) is 1. The van der Waals surface area contributed by atoms with Crippen molar-refractivity contribution in [2.45, 2.75) is 32.4 Å². The molecule has 7 nitrogen and oxygen atoms in total. The molecule has 1 saturated heterocycles. The van der Waals surface area contributed by atoms with Crippen molar-refractivity contribution in [2.75, 3.05) is 29.6 Å². The smallest absolute Gasteiger partial charge is 0.414 e. The topological polar surface area (TPSA) is 79.0 Å². The zero-order valence-corrected chi connectivity index (χ0v) is 14.1. The Balaban J connectivity index is 1.77. The number of ether oxygens (including phenoxy) is 1. The number of nitrogens with zero attached hydrogens (tertiary/aromatic N) is 2. The Morgan fingerprint density at radius 1 is 1.44 bits per heavy atom. The minimum absolute atomic E-state index is 0.148. The lowest BCUT2D eigenvalue weighted by atomic mass is 10.1. The predicted molar refractivity (Wildman–Crippen MR) is 89.4 cm³/mol. The van der Waals surface area contributed by atoms with E-state index in [1.165, 1.54) is 16.7 Å². The summed E-state index contributed by atoms with van der Waals surface area (Å²) in [7, 11) is 0. The molecule has 25 heavy (non-hydrogen) atoms. The Bertz CT molecular complexity index is 724. The molecule has 3 rings (SSSR count). The Labute approximate surface area is 144 Å². The van der Waals surface area contributed by atoms with Crippen molar-refractivity contribution in [3.8, 4) is 0 Å². The lowest BCUT2D eigenvalue weighted by Crippen LogP contribution is -2.37. The van der Waals surface area contributed by atoms with Crippen LogP contribution in [0.4, 0.5) is 20.6 Å². The third-order valence-corrected chi connectivity index (χ3v) is 4.36. The van der Waals surface area contributed by atoms with E-state index in [9.17, 15) is 18.8 Å². The van der Waals surface area contributed by atoms with Crippen LogP contribution in [0.5, 0.6) is 0 Å². The molecule has 2 aliphatic rings. The van der Waals surface area contributed by atoms with Crippen molar-refractivity contribution in [2.24, 2.45) is 0 Å². The molecule has 0 radical (unpaired) electrons. The van der Waals surface area contributed by atoms with Gasteiger partial charge in [-0.25, -0.2) is 9.18 Å². The summed E-state index contributed by atoms with van der Waals surface area (Å²) in [6.45, 7) is 3.01. The highest BCUT2D eigenvalue weighted by Gasteiger charge is 2.35. The van der Waals surface area contributed by atoms with Gasteiger partial charge in [-0.1, -0.05) is 0 Å². The molecule has 0 aliphatic carbocycles. The molecule has 0 saturated carbocycles. The van der Waals surface area contributed by atoms with E-state index in [0.29, 0.717) is 17.9 Å². The summed E-state index contributed by atoms with van der Waals surface area (Å²) in [5, 5.41) is 2.62. The lowest BCUT2D eigenvalue weighted by molar-refractivity contribution is -0.119. The van der Waals surface area contributed by atoms with E-state index in [-0.39, 0.29) is 24.8 Å². The number of anilines is 2. The fraction of sp³-hybridized carbons (Fsp3) is 0.471. The summed E-state index contributed by atoms with van der Waals surface area (Å²) >= 11 is 0. The number of halogens is 1. The zero-order valence-electron chi connectivity index (χ0n) is 14.1. The van der Waals surface area contributed by atoms with Crippen LogP contribution >= 0.6 is 0 Å². The summed E-state index contributed by atoms with van der Waals surface area (Å²) in [6, 6.07) is 4.70. The Kier molecular flexibility index (Phi) is 4.61. The molecule has 1 aromatic rings. The molecule has 1 aromatic carbocycles. The van der Waals surface area contributed by atoms with Crippen LogP contribution in [0.25, 0.3) is 0 Å². The van der Waals surface area contributed by atoms with E-state index >= 15 is 0 Å². The largest absolute Gasteiger partial charge is 0.442 e. The summed E-state index contributed by atoms with van der Waals surface area (Å²) in [6.07, 6.45) is -0.728. The molecular weight excluding hydrogens is 329 g/mol. The average Bonchev–Trinajstić information content (AvgIpc) is 3.10. The van der Waals surface area contributed by atoms with Gasteiger partial charge in [0.25, 0.3) is 0 Å². The maximum Gasteiger partial charge on any atom is 0.414 e. The molecule has 2 unspecified atom stereocenters. The van der Waals surface area contributed by atoms with Crippen LogP contribution in [-0.4, -0.2) is 49.8 Å². The van der Waals surface area contributed by atoms with Gasteiger partial charge in [0.1, 0.15) is 12.8 Å². The highest BCUT2D eigenvalue weighted by Crippen LogP contribution is 2.34. The van der Waals surface area contributed by atoms with Crippen molar-refractivity contribution in [1.82, 2.24) is 5.32 Å². The Morgan fingerprint density at radius 2 is 2.20 bits per heavy atom. The first kappa shape index (κ1) is 17.2. The van der Waals surface area contributed by atoms with E-state index in [2.05, 4.69) is 5.32 Å². The number of amides is 3. The number of rotatable bonds is 5. The van der Waals surface area contributed by atoms with Gasteiger partial charge in [0.2, 0.25) is 11.8 Å². The first-order valence-electron chi connectivity index (χ1n) is 8.14. The first-order valence-corrected chi connectivity index (χ1v) is 8.14. The van der Waals surface area contributed by atoms with E-state index in [0.717, 1.165) is 5.56 Å². The Morgan fingerprint density at radius 3 is 2.88 bits per heavy atom. The van der Waals surface area contributed by atoms with Gasteiger partial charge in [-0.05, 0) is 30.7 Å². The van der Waals surface area contributed by atoms with Crippen LogP contribution in [0.1, 0.15) is 19.4 Å². The summed E-state index contributed by atoms with van der Waals surface area (Å²) in [4.78, 5) is 38.1. The van der Waals surface area contributed by atoms with Crippen LogP contribution < -0.4 is 15.1 Å². The highest BCUT2D eigenvalue weighted by molar-refractivity contribution is 6.03. The van der Waals surface area contributed by atoms with Gasteiger partial charge in [0.05, 0.1) is 25.6 Å². The second-order valence-corrected chi connectivity index (χ2v) is 6.31. The molecule has 2 heterocycles. The summed E-state index contributed by atoms with van der Waals surface area (Å²) in [5.74, 6) is -0.336. The van der Waals surface area contributed by atoms with Crippen molar-refractivity contribution in [3.63, 3.8) is 0 Å².